The first-order valence-electron chi connectivity index (χ1n) is 9.39. The number of benzene rings is 2. The van der Waals surface area contributed by atoms with E-state index < -0.39 is 17.9 Å². The number of nitrogens with one attached hydrogen (secondary N) is 2. The third kappa shape index (κ3) is 3.80. The number of carbonyl (C=O) groups excluding carboxylic acids is 1. The van der Waals surface area contributed by atoms with Crippen LogP contribution in [0, 0.1) is 0 Å². The van der Waals surface area contributed by atoms with Crippen molar-refractivity contribution in [2.24, 2.45) is 0 Å². The molecule has 3 aromatic rings. The number of allylic oxidation sites excluding steroid dienone is 1. The largest absolute Gasteiger partial charge is 0.497 e. The molecule has 4 rings (SSSR count). The number of carboxylic acids is 1. The summed E-state index contributed by atoms with van der Waals surface area (Å²) in [4.78, 5) is 24.7. The van der Waals surface area contributed by atoms with E-state index in [0.29, 0.717) is 22.7 Å². The highest BCUT2D eigenvalue weighted by Crippen LogP contribution is 2.36. The predicted molar refractivity (Wildman–Crippen MR) is 114 cm³/mol. The van der Waals surface area contributed by atoms with Crippen molar-refractivity contribution in [1.29, 1.82) is 0 Å². The Bertz CT molecular complexity index is 1180. The maximum atomic E-state index is 13.0. The molecule has 1 aromatic heterocycles. The summed E-state index contributed by atoms with van der Waals surface area (Å²) < 4.78 is 12.2. The monoisotopic (exact) mass is 420 g/mol. The maximum absolute atomic E-state index is 13.0. The molecular formula is C22H20N4O5. The van der Waals surface area contributed by atoms with Crippen LogP contribution in [0.2, 0.25) is 0 Å². The summed E-state index contributed by atoms with van der Waals surface area (Å²) in [6.45, 7) is 0. The molecule has 0 spiro atoms. The predicted octanol–water partition coefficient (Wildman–Crippen LogP) is 3.14. The van der Waals surface area contributed by atoms with Crippen LogP contribution in [-0.4, -0.2) is 41.0 Å². The first-order chi connectivity index (χ1) is 15.0. The molecule has 9 nitrogen and oxygen atoms in total. The van der Waals surface area contributed by atoms with E-state index >= 15 is 0 Å². The second kappa shape index (κ2) is 8.23. The zero-order chi connectivity index (χ0) is 22.0. The summed E-state index contributed by atoms with van der Waals surface area (Å²) in [5, 5.41) is 19.6. The quantitative estimate of drug-likeness (QED) is 0.561. The van der Waals surface area contributed by atoms with Crippen molar-refractivity contribution in [3.63, 3.8) is 0 Å². The first-order valence-corrected chi connectivity index (χ1v) is 9.39. The molecule has 0 saturated carbocycles. The lowest BCUT2D eigenvalue weighted by atomic mass is 10.0. The Labute approximate surface area is 177 Å². The second-order valence-corrected chi connectivity index (χ2v) is 6.73. The molecule has 1 aliphatic heterocycles. The zero-order valence-electron chi connectivity index (χ0n) is 16.8. The van der Waals surface area contributed by atoms with Crippen LogP contribution in [0.25, 0.3) is 0 Å². The Morgan fingerprint density at radius 1 is 1.13 bits per heavy atom. The van der Waals surface area contributed by atoms with E-state index in [2.05, 4.69) is 15.7 Å². The van der Waals surface area contributed by atoms with E-state index in [1.54, 1.807) is 42.1 Å². The number of hydrogen-bond donors (Lipinski definition) is 3. The van der Waals surface area contributed by atoms with Crippen molar-refractivity contribution < 1.29 is 24.2 Å². The van der Waals surface area contributed by atoms with Crippen LogP contribution >= 0.6 is 0 Å². The topological polar surface area (TPSA) is 115 Å². The molecule has 158 valence electrons. The van der Waals surface area contributed by atoms with Crippen molar-refractivity contribution >= 4 is 23.4 Å². The second-order valence-electron chi connectivity index (χ2n) is 6.73. The van der Waals surface area contributed by atoms with Crippen LogP contribution in [0.1, 0.15) is 22.0 Å². The summed E-state index contributed by atoms with van der Waals surface area (Å²) in [6.07, 6.45) is 2.93. The van der Waals surface area contributed by atoms with Crippen molar-refractivity contribution in [2.75, 3.05) is 24.9 Å². The molecular weight excluding hydrogens is 400 g/mol. The van der Waals surface area contributed by atoms with Gasteiger partial charge in [-0.1, -0.05) is 24.3 Å². The Balaban J connectivity index is 1.73. The van der Waals surface area contributed by atoms with Crippen LogP contribution < -0.4 is 20.1 Å². The number of carboxylic acid groups (broad SMARTS) is 1. The van der Waals surface area contributed by atoms with Crippen LogP contribution in [0.4, 0.5) is 11.5 Å². The smallest absolute Gasteiger partial charge is 0.352 e. The van der Waals surface area contributed by atoms with Gasteiger partial charge in [-0.15, -0.1) is 0 Å². The summed E-state index contributed by atoms with van der Waals surface area (Å²) in [5.74, 6) is -0.130. The number of hydrogen-bond acceptors (Lipinski definition) is 6. The number of para-hydroxylation sites is 1. The van der Waals surface area contributed by atoms with E-state index in [9.17, 15) is 14.7 Å². The van der Waals surface area contributed by atoms with Crippen molar-refractivity contribution in [3.05, 3.63) is 77.6 Å². The van der Waals surface area contributed by atoms with Gasteiger partial charge in [-0.05, 0) is 24.3 Å². The molecule has 0 radical (unpaired) electrons. The lowest BCUT2D eigenvalue weighted by molar-refractivity contribution is -0.132. The Hall–Kier alpha value is -4.27. The van der Waals surface area contributed by atoms with E-state index in [0.717, 1.165) is 0 Å². The fraction of sp³-hybridized carbons (Fsp3) is 0.136. The molecule has 1 aliphatic rings. The van der Waals surface area contributed by atoms with E-state index in [4.69, 9.17) is 9.47 Å². The summed E-state index contributed by atoms with van der Waals surface area (Å²) in [7, 11) is 3.08. The third-order valence-corrected chi connectivity index (χ3v) is 4.90. The van der Waals surface area contributed by atoms with Crippen molar-refractivity contribution in [1.82, 2.24) is 9.78 Å². The van der Waals surface area contributed by atoms with Gasteiger partial charge in [0.25, 0.3) is 5.91 Å². The lowest BCUT2D eigenvalue weighted by Crippen LogP contribution is -2.26. The van der Waals surface area contributed by atoms with Crippen LogP contribution in [0.5, 0.6) is 11.5 Å². The van der Waals surface area contributed by atoms with Crippen LogP contribution in [-0.2, 0) is 4.79 Å². The van der Waals surface area contributed by atoms with Crippen LogP contribution in [0.3, 0.4) is 0 Å². The minimum Gasteiger partial charge on any atom is -0.497 e. The molecule has 0 aliphatic carbocycles. The minimum absolute atomic E-state index is 0.0562. The number of carbonyl (C=O) groups is 2. The molecule has 0 fully saturated rings. The number of aliphatic carboxylic acids is 1. The lowest BCUT2D eigenvalue weighted by Gasteiger charge is -2.25. The summed E-state index contributed by atoms with van der Waals surface area (Å²) in [6, 6.07) is 13.6. The van der Waals surface area contributed by atoms with E-state index in [1.807, 2.05) is 18.2 Å². The molecule has 1 amide bonds. The van der Waals surface area contributed by atoms with Crippen molar-refractivity contribution in [2.45, 2.75) is 6.04 Å². The molecule has 3 N–H and O–H groups in total. The average Bonchev–Trinajstić information content (AvgIpc) is 3.22. The number of fused-ring (bicyclic) bond motifs is 1. The molecule has 0 unspecified atom stereocenters. The molecule has 31 heavy (non-hydrogen) atoms. The fourth-order valence-electron chi connectivity index (χ4n) is 3.42. The van der Waals surface area contributed by atoms with Gasteiger partial charge in [-0.2, -0.15) is 5.10 Å². The summed E-state index contributed by atoms with van der Waals surface area (Å²) in [5.41, 5.74) is 1.40. The third-order valence-electron chi connectivity index (χ3n) is 4.90. The number of ether oxygens (including phenoxy) is 2. The van der Waals surface area contributed by atoms with Gasteiger partial charge in [-0.25, -0.2) is 9.48 Å². The molecule has 0 bridgehead atoms. The van der Waals surface area contributed by atoms with Gasteiger partial charge >= 0.3 is 5.97 Å². The average molecular weight is 420 g/mol. The van der Waals surface area contributed by atoms with Gasteiger partial charge in [0.15, 0.2) is 0 Å². The molecule has 9 heteroatoms. The normalized spacial score (nSPS) is 14.6. The van der Waals surface area contributed by atoms with Gasteiger partial charge in [0, 0.05) is 17.3 Å². The highest BCUT2D eigenvalue weighted by atomic mass is 16.5. The zero-order valence-corrected chi connectivity index (χ0v) is 16.8. The number of nitrogens with zero attached hydrogens (tertiary/aromatic N) is 2. The fourth-order valence-corrected chi connectivity index (χ4v) is 3.42. The molecule has 2 heterocycles. The van der Waals surface area contributed by atoms with E-state index in [1.165, 1.54) is 19.4 Å². The Morgan fingerprint density at radius 3 is 2.68 bits per heavy atom. The van der Waals surface area contributed by atoms with Gasteiger partial charge in [0.05, 0.1) is 20.4 Å². The highest BCUT2D eigenvalue weighted by molar-refractivity contribution is 6.08. The number of amides is 1. The standard InChI is InChI=1S/C22H20N4O5/c1-30-14-7-5-6-13(10-14)24-21(27)16-12-23-26-18(11-17(22(28)29)25-20(16)26)15-8-3-4-9-19(15)31-2/h3-12,18,25H,1-2H3,(H,24,27)(H,28,29)/t18-/m0/s1. The Kier molecular flexibility index (Phi) is 5.31. The first kappa shape index (κ1) is 20.0. The number of aromatic nitrogens is 2. The highest BCUT2D eigenvalue weighted by Gasteiger charge is 2.30. The van der Waals surface area contributed by atoms with Gasteiger partial charge in [0.1, 0.15) is 34.6 Å². The number of rotatable bonds is 6. The van der Waals surface area contributed by atoms with Gasteiger partial charge in [-0.3, -0.25) is 4.79 Å². The van der Waals surface area contributed by atoms with Gasteiger partial charge in [0.2, 0.25) is 0 Å². The Morgan fingerprint density at radius 2 is 1.94 bits per heavy atom. The van der Waals surface area contributed by atoms with E-state index in [-0.39, 0.29) is 17.1 Å². The van der Waals surface area contributed by atoms with Crippen LogP contribution in [0.15, 0.2) is 66.5 Å². The summed E-state index contributed by atoms with van der Waals surface area (Å²) >= 11 is 0. The number of methoxy groups -OCH3 is 2. The maximum Gasteiger partial charge on any atom is 0.352 e. The number of anilines is 2. The minimum atomic E-state index is -1.15. The molecule has 2 aromatic carbocycles. The molecule has 0 saturated heterocycles. The van der Waals surface area contributed by atoms with Gasteiger partial charge < -0.3 is 25.2 Å². The SMILES string of the molecule is COc1cccc(NC(=O)c2cnn3c2NC(C(=O)O)=C[C@H]3c2ccccc2OC)c1. The molecule has 1 atom stereocenters. The van der Waals surface area contributed by atoms with Crippen molar-refractivity contribution in [3.8, 4) is 11.5 Å².